The maximum atomic E-state index is 12.2. The van der Waals surface area contributed by atoms with Gasteiger partial charge in [-0.2, -0.15) is 0 Å². The van der Waals surface area contributed by atoms with Crippen molar-refractivity contribution >= 4 is 28.0 Å². The first-order chi connectivity index (χ1) is 11.5. The first-order valence-corrected chi connectivity index (χ1v) is 8.77. The normalized spacial score (nSPS) is 11.1. The second-order valence-electron chi connectivity index (χ2n) is 5.94. The van der Waals surface area contributed by atoms with Gasteiger partial charge < -0.3 is 10.3 Å². The number of aromatic nitrogens is 2. The number of nitrogens with one attached hydrogen (secondary N) is 2. The first-order valence-electron chi connectivity index (χ1n) is 7.89. The molecule has 1 aromatic carbocycles. The highest BCUT2D eigenvalue weighted by Gasteiger charge is 2.10. The molecule has 0 saturated heterocycles. The highest BCUT2D eigenvalue weighted by atomic mass is 32.1. The van der Waals surface area contributed by atoms with E-state index in [9.17, 15) is 9.59 Å². The average molecular weight is 341 g/mol. The van der Waals surface area contributed by atoms with Crippen LogP contribution in [0.2, 0.25) is 0 Å². The number of carbonyl (C=O) groups is 1. The third-order valence-corrected chi connectivity index (χ3v) is 4.92. The largest absolute Gasteiger partial charge is 0.350 e. The molecule has 0 radical (unpaired) electrons. The number of nitrogens with zero attached hydrogens (tertiary/aromatic N) is 1. The molecule has 2 aromatic heterocycles. The molecule has 1 amide bonds. The van der Waals surface area contributed by atoms with Gasteiger partial charge in [0, 0.05) is 29.6 Å². The van der Waals surface area contributed by atoms with Crippen LogP contribution >= 0.6 is 11.3 Å². The molecule has 3 rings (SSSR count). The fourth-order valence-corrected chi connectivity index (χ4v) is 3.30. The van der Waals surface area contributed by atoms with E-state index < -0.39 is 0 Å². The van der Waals surface area contributed by atoms with Crippen LogP contribution in [-0.4, -0.2) is 22.4 Å². The van der Waals surface area contributed by atoms with Gasteiger partial charge in [0.1, 0.15) is 5.69 Å². The van der Waals surface area contributed by atoms with E-state index in [2.05, 4.69) is 29.1 Å². The smallest absolute Gasteiger partial charge is 0.267 e. The van der Waals surface area contributed by atoms with E-state index in [1.807, 2.05) is 17.5 Å². The number of pyridine rings is 1. The lowest BCUT2D eigenvalue weighted by molar-refractivity contribution is 0.0949. The Labute approximate surface area is 143 Å². The van der Waals surface area contributed by atoms with Crippen molar-refractivity contribution in [2.24, 2.45) is 0 Å². The van der Waals surface area contributed by atoms with Crippen LogP contribution in [0.25, 0.3) is 10.8 Å². The number of amides is 1. The average Bonchev–Trinajstić information content (AvgIpc) is 3.04. The maximum Gasteiger partial charge on any atom is 0.267 e. The SMILES string of the molecule is CC(C)c1nc(CCNC(=O)c2cc3ccccc3c(=O)[nH]2)cs1. The van der Waals surface area contributed by atoms with Crippen LogP contribution in [0, 0.1) is 0 Å². The Morgan fingerprint density at radius 3 is 2.88 bits per heavy atom. The Morgan fingerprint density at radius 1 is 1.33 bits per heavy atom. The van der Waals surface area contributed by atoms with Crippen LogP contribution in [0.15, 0.2) is 40.5 Å². The number of aromatic amines is 1. The molecule has 24 heavy (non-hydrogen) atoms. The molecule has 5 nitrogen and oxygen atoms in total. The number of hydrogen-bond donors (Lipinski definition) is 2. The summed E-state index contributed by atoms with van der Waals surface area (Å²) < 4.78 is 0. The van der Waals surface area contributed by atoms with E-state index in [1.165, 1.54) is 0 Å². The summed E-state index contributed by atoms with van der Waals surface area (Å²) >= 11 is 1.64. The van der Waals surface area contributed by atoms with Crippen LogP contribution in [-0.2, 0) is 6.42 Å². The van der Waals surface area contributed by atoms with Gasteiger partial charge in [-0.05, 0) is 17.5 Å². The lowest BCUT2D eigenvalue weighted by Crippen LogP contribution is -2.28. The van der Waals surface area contributed by atoms with Gasteiger partial charge in [0.25, 0.3) is 11.5 Å². The van der Waals surface area contributed by atoms with Gasteiger partial charge in [0.05, 0.1) is 10.7 Å². The predicted octanol–water partition coefficient (Wildman–Crippen LogP) is 3.08. The van der Waals surface area contributed by atoms with Crippen LogP contribution in [0.4, 0.5) is 0 Å². The van der Waals surface area contributed by atoms with Crippen LogP contribution < -0.4 is 10.9 Å². The van der Waals surface area contributed by atoms with Gasteiger partial charge in [-0.15, -0.1) is 11.3 Å². The Bertz CT molecular complexity index is 927. The van der Waals surface area contributed by atoms with Gasteiger partial charge >= 0.3 is 0 Å². The van der Waals surface area contributed by atoms with Crippen LogP contribution in [0.3, 0.4) is 0 Å². The minimum absolute atomic E-state index is 0.251. The van der Waals surface area contributed by atoms with Gasteiger partial charge in [-0.1, -0.05) is 32.0 Å². The standard InChI is InChI=1S/C18H19N3O2S/c1-11(2)18-20-13(10-24-18)7-8-19-17(23)15-9-12-5-3-4-6-14(12)16(22)21-15/h3-6,9-11H,7-8H2,1-2H3,(H,19,23)(H,21,22). The molecule has 0 fully saturated rings. The van der Waals surface area contributed by atoms with E-state index in [4.69, 9.17) is 0 Å². The fraction of sp³-hybridized carbons (Fsp3) is 0.278. The minimum atomic E-state index is -0.280. The highest BCUT2D eigenvalue weighted by molar-refractivity contribution is 7.09. The van der Waals surface area contributed by atoms with Crippen molar-refractivity contribution < 1.29 is 4.79 Å². The van der Waals surface area contributed by atoms with Gasteiger partial charge in [-0.3, -0.25) is 9.59 Å². The summed E-state index contributed by atoms with van der Waals surface area (Å²) in [4.78, 5) is 31.4. The monoisotopic (exact) mass is 341 g/mol. The summed E-state index contributed by atoms with van der Waals surface area (Å²) in [5.74, 6) is 0.137. The number of fused-ring (bicyclic) bond motifs is 1. The molecule has 124 valence electrons. The molecular weight excluding hydrogens is 322 g/mol. The molecular formula is C18H19N3O2S. The highest BCUT2D eigenvalue weighted by Crippen LogP contribution is 2.19. The second-order valence-corrected chi connectivity index (χ2v) is 6.83. The van der Waals surface area contributed by atoms with E-state index in [0.29, 0.717) is 24.3 Å². The number of benzene rings is 1. The third-order valence-electron chi connectivity index (χ3n) is 3.73. The van der Waals surface area contributed by atoms with Crippen molar-refractivity contribution in [2.45, 2.75) is 26.2 Å². The fourth-order valence-electron chi connectivity index (χ4n) is 2.44. The van der Waals surface area contributed by atoms with Gasteiger partial charge in [0.15, 0.2) is 0 Å². The zero-order valence-corrected chi connectivity index (χ0v) is 14.4. The summed E-state index contributed by atoms with van der Waals surface area (Å²) in [6, 6.07) is 8.91. The number of rotatable bonds is 5. The van der Waals surface area contributed by atoms with E-state index >= 15 is 0 Å². The number of hydrogen-bond acceptors (Lipinski definition) is 4. The molecule has 0 aliphatic carbocycles. The first kappa shape index (κ1) is 16.4. The van der Waals surface area contributed by atoms with Crippen molar-refractivity contribution in [1.29, 1.82) is 0 Å². The maximum absolute atomic E-state index is 12.2. The summed E-state index contributed by atoms with van der Waals surface area (Å²) in [5.41, 5.74) is 1.01. The zero-order valence-electron chi connectivity index (χ0n) is 13.6. The van der Waals surface area contributed by atoms with Crippen LogP contribution in [0.5, 0.6) is 0 Å². The van der Waals surface area contributed by atoms with E-state index in [-0.39, 0.29) is 17.2 Å². The van der Waals surface area contributed by atoms with E-state index in [1.54, 1.807) is 29.5 Å². The summed E-state index contributed by atoms with van der Waals surface area (Å²) in [7, 11) is 0. The molecule has 0 unspecified atom stereocenters. The molecule has 0 aliphatic rings. The number of carbonyl (C=O) groups excluding carboxylic acids is 1. The molecule has 0 atom stereocenters. The number of H-pyrrole nitrogens is 1. The Kier molecular flexibility index (Phi) is 4.76. The second kappa shape index (κ2) is 6.97. The lowest BCUT2D eigenvalue weighted by atomic mass is 10.1. The Morgan fingerprint density at radius 2 is 2.12 bits per heavy atom. The Hall–Kier alpha value is -2.47. The summed E-state index contributed by atoms with van der Waals surface area (Å²) in [5, 5.41) is 7.31. The zero-order chi connectivity index (χ0) is 17.1. The molecule has 0 saturated carbocycles. The molecule has 6 heteroatoms. The Balaban J connectivity index is 1.65. The molecule has 2 heterocycles. The van der Waals surface area contributed by atoms with Crippen molar-refractivity contribution in [1.82, 2.24) is 15.3 Å². The van der Waals surface area contributed by atoms with Crippen molar-refractivity contribution in [3.05, 3.63) is 62.5 Å². The summed E-state index contributed by atoms with van der Waals surface area (Å²) in [6.07, 6.45) is 0.673. The van der Waals surface area contributed by atoms with E-state index in [0.717, 1.165) is 16.1 Å². The molecule has 0 aliphatic heterocycles. The topological polar surface area (TPSA) is 74.8 Å². The van der Waals surface area contributed by atoms with Gasteiger partial charge in [0.2, 0.25) is 0 Å². The van der Waals surface area contributed by atoms with Gasteiger partial charge in [-0.25, -0.2) is 4.98 Å². The quantitative estimate of drug-likeness (QED) is 0.749. The third kappa shape index (κ3) is 3.54. The van der Waals surface area contributed by atoms with Crippen LogP contribution in [0.1, 0.15) is 41.0 Å². The molecule has 0 spiro atoms. The summed E-state index contributed by atoms with van der Waals surface area (Å²) in [6.45, 7) is 4.70. The molecule has 2 N–H and O–H groups in total. The van der Waals surface area contributed by atoms with Crippen molar-refractivity contribution in [2.75, 3.05) is 6.54 Å². The lowest BCUT2D eigenvalue weighted by Gasteiger charge is -2.05. The molecule has 3 aromatic rings. The van der Waals surface area contributed by atoms with Crippen molar-refractivity contribution in [3.8, 4) is 0 Å². The molecule has 0 bridgehead atoms. The predicted molar refractivity (Wildman–Crippen MR) is 96.8 cm³/mol. The minimum Gasteiger partial charge on any atom is -0.350 e. The van der Waals surface area contributed by atoms with Crippen molar-refractivity contribution in [3.63, 3.8) is 0 Å². The number of thiazole rings is 1.